The zero-order chi connectivity index (χ0) is 35.2. The van der Waals surface area contributed by atoms with Crippen LogP contribution in [0.15, 0.2) is 6.07 Å². The molecule has 1 aromatic rings. The van der Waals surface area contributed by atoms with Gasteiger partial charge in [0.25, 0.3) is 0 Å². The normalized spacial score (nSPS) is 41.4. The number of rotatable bonds is 8. The summed E-state index contributed by atoms with van der Waals surface area (Å²) in [7, 11) is 0. The maximum absolute atomic E-state index is 14.6. The number of Topliss-reactive ketones (excluding diaryl/α,β-unsaturated/α-hetero) is 2. The first kappa shape index (κ1) is 36.1. The fourth-order valence-electron chi connectivity index (χ4n) is 9.82. The monoisotopic (exact) mass is 664 g/mol. The van der Waals surface area contributed by atoms with Crippen LogP contribution in [-0.4, -0.2) is 107 Å². The van der Waals surface area contributed by atoms with Crippen LogP contribution in [-0.2, 0) is 26.2 Å². The second-order valence-corrected chi connectivity index (χ2v) is 16.1. The predicted molar refractivity (Wildman–Crippen MR) is 168 cm³/mol. The van der Waals surface area contributed by atoms with E-state index in [0.717, 1.165) is 5.56 Å². The van der Waals surface area contributed by atoms with E-state index in [2.05, 4.69) is 0 Å². The van der Waals surface area contributed by atoms with E-state index in [4.69, 9.17) is 9.47 Å². The van der Waals surface area contributed by atoms with Gasteiger partial charge in [0.2, 0.25) is 6.29 Å². The number of phenols is 1. The standard InChI is InChI=1S/C35H52O12/c1-16-17-8-9-22-32(4)13-19(37)29(35(7,45)23(38)10-11-31(2,3)44)33(32,5)14-24(39)34(22,6)18(17)12-20(25(16)40)46-30-28(43)27(42)26(41)21(15-36)47-30/h12,19,21-22,26-30,36-37,40-45H,8-11,13-15H2,1-7H3/t19-,21-,22-,26-,27+,28-,29+,30-,32+,33-,34+,35+/m1/s1. The van der Waals surface area contributed by atoms with Gasteiger partial charge in [-0.25, -0.2) is 0 Å². The van der Waals surface area contributed by atoms with Gasteiger partial charge in [-0.05, 0) is 99.8 Å². The van der Waals surface area contributed by atoms with E-state index < -0.39 is 82.6 Å². The lowest BCUT2D eigenvalue weighted by Gasteiger charge is -2.61. The molecular formula is C35H52O12. The largest absolute Gasteiger partial charge is 0.504 e. The van der Waals surface area contributed by atoms with Crippen molar-refractivity contribution in [2.45, 2.75) is 140 Å². The number of hydrogen-bond acceptors (Lipinski definition) is 12. The molecule has 1 aliphatic heterocycles. The van der Waals surface area contributed by atoms with E-state index >= 15 is 0 Å². The van der Waals surface area contributed by atoms with E-state index in [1.54, 1.807) is 26.8 Å². The van der Waals surface area contributed by atoms with Crippen molar-refractivity contribution >= 4 is 11.6 Å². The average Bonchev–Trinajstić information content (AvgIpc) is 3.19. The number of hydrogen-bond donors (Lipinski definition) is 8. The van der Waals surface area contributed by atoms with Gasteiger partial charge in [0.05, 0.1) is 23.7 Å². The van der Waals surface area contributed by atoms with Gasteiger partial charge < -0.3 is 50.3 Å². The first-order valence-electron chi connectivity index (χ1n) is 16.6. The minimum atomic E-state index is -1.95. The fourth-order valence-corrected chi connectivity index (χ4v) is 9.82. The van der Waals surface area contributed by atoms with Gasteiger partial charge in [-0.3, -0.25) is 9.59 Å². The van der Waals surface area contributed by atoms with Crippen molar-refractivity contribution in [3.63, 3.8) is 0 Å². The van der Waals surface area contributed by atoms with Gasteiger partial charge in [0.1, 0.15) is 35.8 Å². The highest BCUT2D eigenvalue weighted by molar-refractivity contribution is 5.94. The summed E-state index contributed by atoms with van der Waals surface area (Å²) in [5.74, 6) is -2.26. The zero-order valence-electron chi connectivity index (χ0n) is 28.4. The highest BCUT2D eigenvalue weighted by atomic mass is 16.7. The molecule has 12 heteroatoms. The first-order valence-corrected chi connectivity index (χ1v) is 16.6. The summed E-state index contributed by atoms with van der Waals surface area (Å²) in [6, 6.07) is 1.55. The average molecular weight is 665 g/mol. The van der Waals surface area contributed by atoms with E-state index in [-0.39, 0.29) is 48.9 Å². The summed E-state index contributed by atoms with van der Waals surface area (Å²) in [4.78, 5) is 28.0. The van der Waals surface area contributed by atoms with Crippen LogP contribution in [0.4, 0.5) is 0 Å². The summed E-state index contributed by atoms with van der Waals surface area (Å²) < 4.78 is 11.4. The summed E-state index contributed by atoms with van der Waals surface area (Å²) in [6.07, 6.45) is -7.54. The molecule has 1 saturated heterocycles. The summed E-state index contributed by atoms with van der Waals surface area (Å²) >= 11 is 0. The minimum absolute atomic E-state index is 0.0323. The molecule has 0 radical (unpaired) electrons. The molecule has 47 heavy (non-hydrogen) atoms. The molecule has 264 valence electrons. The van der Waals surface area contributed by atoms with E-state index in [0.29, 0.717) is 24.0 Å². The van der Waals surface area contributed by atoms with Crippen LogP contribution in [0, 0.1) is 29.6 Å². The molecule has 0 spiro atoms. The first-order chi connectivity index (χ1) is 21.6. The maximum atomic E-state index is 14.6. The predicted octanol–water partition coefficient (Wildman–Crippen LogP) is 0.937. The molecule has 3 fully saturated rings. The maximum Gasteiger partial charge on any atom is 0.229 e. The van der Waals surface area contributed by atoms with Crippen LogP contribution in [0.1, 0.15) is 90.3 Å². The van der Waals surface area contributed by atoms with Gasteiger partial charge in [-0.1, -0.05) is 13.8 Å². The van der Waals surface area contributed by atoms with Crippen molar-refractivity contribution in [1.29, 1.82) is 0 Å². The number of ether oxygens (including phenoxy) is 2. The van der Waals surface area contributed by atoms with E-state index in [1.807, 2.05) is 20.8 Å². The molecule has 0 unspecified atom stereocenters. The Morgan fingerprint density at radius 1 is 1.04 bits per heavy atom. The van der Waals surface area contributed by atoms with Gasteiger partial charge in [-0.15, -0.1) is 0 Å². The molecule has 0 amide bonds. The number of benzene rings is 1. The molecule has 8 N–H and O–H groups in total. The zero-order valence-corrected chi connectivity index (χ0v) is 28.4. The molecular weight excluding hydrogens is 612 g/mol. The molecule has 2 saturated carbocycles. The molecule has 5 rings (SSSR count). The van der Waals surface area contributed by atoms with Crippen LogP contribution >= 0.6 is 0 Å². The van der Waals surface area contributed by atoms with E-state index in [1.165, 1.54) is 6.92 Å². The third-order valence-electron chi connectivity index (χ3n) is 12.7. The molecule has 0 aromatic heterocycles. The summed E-state index contributed by atoms with van der Waals surface area (Å²) in [5, 5.41) is 85.5. The fraction of sp³-hybridized carbons (Fsp3) is 0.771. The van der Waals surface area contributed by atoms with Gasteiger partial charge in [0.15, 0.2) is 17.3 Å². The van der Waals surface area contributed by atoms with Crippen LogP contribution in [0.5, 0.6) is 11.5 Å². The van der Waals surface area contributed by atoms with Crippen molar-refractivity contribution in [3.8, 4) is 11.5 Å². The molecule has 4 aliphatic rings. The Bertz CT molecular complexity index is 1420. The van der Waals surface area contributed by atoms with Crippen molar-refractivity contribution < 1.29 is 59.9 Å². The lowest BCUT2D eigenvalue weighted by Crippen LogP contribution is -2.63. The number of carbonyl (C=O) groups is 2. The lowest BCUT2D eigenvalue weighted by molar-refractivity contribution is -0.277. The highest BCUT2D eigenvalue weighted by Crippen LogP contribution is 2.72. The minimum Gasteiger partial charge on any atom is -0.504 e. The Balaban J connectivity index is 1.53. The smallest absolute Gasteiger partial charge is 0.229 e. The van der Waals surface area contributed by atoms with Crippen LogP contribution < -0.4 is 4.74 Å². The number of phenolic OH excluding ortho intramolecular Hbond substituents is 1. The number of fused-ring (bicyclic) bond motifs is 5. The Hall–Kier alpha value is -2.16. The summed E-state index contributed by atoms with van der Waals surface area (Å²) in [5.41, 5.74) is -3.99. The van der Waals surface area contributed by atoms with Crippen molar-refractivity contribution in [3.05, 3.63) is 22.8 Å². The highest BCUT2D eigenvalue weighted by Gasteiger charge is 2.73. The van der Waals surface area contributed by atoms with Crippen LogP contribution in [0.25, 0.3) is 0 Å². The molecule has 12 nitrogen and oxygen atoms in total. The van der Waals surface area contributed by atoms with Crippen LogP contribution in [0.2, 0.25) is 0 Å². The van der Waals surface area contributed by atoms with Gasteiger partial charge in [-0.2, -0.15) is 0 Å². The second kappa shape index (κ2) is 11.7. The molecule has 1 aromatic carbocycles. The van der Waals surface area contributed by atoms with Crippen molar-refractivity contribution in [1.82, 2.24) is 0 Å². The molecule has 1 heterocycles. The van der Waals surface area contributed by atoms with Crippen molar-refractivity contribution in [2.24, 2.45) is 22.7 Å². The number of aromatic hydroxyl groups is 1. The summed E-state index contributed by atoms with van der Waals surface area (Å²) in [6.45, 7) is 11.4. The lowest BCUT2D eigenvalue weighted by atomic mass is 9.41. The van der Waals surface area contributed by atoms with Gasteiger partial charge in [0, 0.05) is 18.8 Å². The Kier molecular flexibility index (Phi) is 9.01. The van der Waals surface area contributed by atoms with Gasteiger partial charge >= 0.3 is 0 Å². The number of aliphatic hydroxyl groups excluding tert-OH is 5. The molecule has 3 aliphatic carbocycles. The third kappa shape index (κ3) is 5.34. The SMILES string of the molecule is Cc1c(O)c(O[C@@H]2O[C@H](CO)[C@@H](O)[C@H](O)[C@H]2O)cc2c1CC[C@H]1[C@@]2(C)C(=O)C[C@]2(C)[C@@H]([C@@](C)(O)C(=O)CCC(C)(C)O)[C@H](O)C[C@@]12C. The second-order valence-electron chi connectivity index (χ2n) is 16.1. The number of ketones is 2. The molecule has 0 bridgehead atoms. The topological polar surface area (TPSA) is 214 Å². The Morgan fingerprint density at radius 3 is 2.28 bits per heavy atom. The number of carbonyl (C=O) groups excluding carboxylic acids is 2. The Labute approximate surface area is 275 Å². The Morgan fingerprint density at radius 2 is 1.68 bits per heavy atom. The quantitative estimate of drug-likeness (QED) is 0.195. The number of aliphatic hydroxyl groups is 7. The van der Waals surface area contributed by atoms with E-state index in [9.17, 15) is 50.4 Å². The van der Waals surface area contributed by atoms with Crippen LogP contribution in [0.3, 0.4) is 0 Å². The third-order valence-corrected chi connectivity index (χ3v) is 12.7. The van der Waals surface area contributed by atoms with Crippen molar-refractivity contribution in [2.75, 3.05) is 6.61 Å². The molecule has 12 atom stereocenters.